The molecule has 0 bridgehead atoms. The minimum atomic E-state index is -0.419. The molecular weight excluding hydrogens is 316 g/mol. The van der Waals surface area contributed by atoms with E-state index in [4.69, 9.17) is 10.5 Å². The lowest BCUT2D eigenvalue weighted by Crippen LogP contribution is -2.46. The van der Waals surface area contributed by atoms with Crippen LogP contribution in [0.4, 0.5) is 0 Å². The predicted octanol–water partition coefficient (Wildman–Crippen LogP) is 1.88. The molecule has 1 unspecified atom stereocenters. The average molecular weight is 333 g/mol. The van der Waals surface area contributed by atoms with Crippen molar-refractivity contribution in [1.29, 1.82) is 0 Å². The van der Waals surface area contributed by atoms with Gasteiger partial charge in [-0.15, -0.1) is 11.3 Å². The Bertz CT molecular complexity index is 405. The maximum atomic E-state index is 11.9. The van der Waals surface area contributed by atoms with E-state index in [9.17, 15) is 4.79 Å². The Morgan fingerprint density at radius 1 is 1.56 bits per heavy atom. The zero-order valence-electron chi connectivity index (χ0n) is 10.0. The minimum absolute atomic E-state index is 0.0635. The summed E-state index contributed by atoms with van der Waals surface area (Å²) < 4.78 is 6.34. The van der Waals surface area contributed by atoms with E-state index in [2.05, 4.69) is 21.2 Å². The Morgan fingerprint density at radius 3 is 2.89 bits per heavy atom. The van der Waals surface area contributed by atoms with Crippen LogP contribution in [0.25, 0.3) is 0 Å². The van der Waals surface area contributed by atoms with Crippen LogP contribution in [0.1, 0.15) is 17.7 Å². The van der Waals surface area contributed by atoms with Crippen molar-refractivity contribution in [3.63, 3.8) is 0 Å². The number of rotatable bonds is 4. The zero-order valence-corrected chi connectivity index (χ0v) is 12.4. The minimum Gasteiger partial charge on any atom is -0.381 e. The van der Waals surface area contributed by atoms with Gasteiger partial charge >= 0.3 is 0 Å². The summed E-state index contributed by atoms with van der Waals surface area (Å²) in [5.41, 5.74) is 5.99. The molecule has 1 aromatic rings. The Morgan fingerprint density at radius 2 is 2.28 bits per heavy atom. The topological polar surface area (TPSA) is 64.4 Å². The van der Waals surface area contributed by atoms with Gasteiger partial charge in [0.2, 0.25) is 5.91 Å². The van der Waals surface area contributed by atoms with Gasteiger partial charge in [0, 0.05) is 18.1 Å². The van der Waals surface area contributed by atoms with Crippen molar-refractivity contribution >= 4 is 33.2 Å². The number of thiophene rings is 1. The molecule has 0 spiro atoms. The molecule has 2 heterocycles. The third-order valence-electron chi connectivity index (χ3n) is 3.14. The fraction of sp³-hybridized carbons (Fsp3) is 0.583. The molecule has 1 amide bonds. The Hall–Kier alpha value is -0.430. The largest absolute Gasteiger partial charge is 0.381 e. The summed E-state index contributed by atoms with van der Waals surface area (Å²) in [6, 6.07) is 3.55. The molecule has 4 nitrogen and oxygen atoms in total. The standard InChI is InChI=1S/C12H17BrN2O2S/c13-10-2-1-9(18-10)7-15-12(16)11(14)8-3-5-17-6-4-8/h1-2,8,11H,3-7,14H2,(H,15,16). The number of carbonyl (C=O) groups is 1. The molecule has 6 heteroatoms. The number of nitrogens with one attached hydrogen (secondary N) is 1. The van der Waals surface area contributed by atoms with Crippen LogP contribution in [-0.2, 0) is 16.1 Å². The van der Waals surface area contributed by atoms with E-state index in [1.165, 1.54) is 0 Å². The maximum Gasteiger partial charge on any atom is 0.237 e. The first kappa shape index (κ1) is 14.0. The van der Waals surface area contributed by atoms with Gasteiger partial charge in [-0.2, -0.15) is 0 Å². The predicted molar refractivity (Wildman–Crippen MR) is 75.4 cm³/mol. The van der Waals surface area contributed by atoms with Crippen LogP contribution in [0.3, 0.4) is 0 Å². The Labute approximate surface area is 119 Å². The molecule has 3 N–H and O–H groups in total. The van der Waals surface area contributed by atoms with Crippen LogP contribution in [0.2, 0.25) is 0 Å². The number of halogens is 1. The first-order valence-electron chi connectivity index (χ1n) is 6.02. The van der Waals surface area contributed by atoms with E-state index < -0.39 is 6.04 Å². The van der Waals surface area contributed by atoms with E-state index >= 15 is 0 Å². The first-order chi connectivity index (χ1) is 8.66. The molecule has 0 aliphatic carbocycles. The highest BCUT2D eigenvalue weighted by Crippen LogP contribution is 2.22. The van der Waals surface area contributed by atoms with Crippen molar-refractivity contribution in [2.45, 2.75) is 25.4 Å². The third kappa shape index (κ3) is 3.78. The van der Waals surface area contributed by atoms with Crippen molar-refractivity contribution in [2.75, 3.05) is 13.2 Å². The molecule has 1 aliphatic heterocycles. The molecule has 1 fully saturated rings. The van der Waals surface area contributed by atoms with Gasteiger partial charge in [-0.1, -0.05) is 0 Å². The average Bonchev–Trinajstić information content (AvgIpc) is 2.82. The molecule has 0 aromatic carbocycles. The summed E-state index contributed by atoms with van der Waals surface area (Å²) in [7, 11) is 0. The van der Waals surface area contributed by atoms with Crippen LogP contribution in [0.5, 0.6) is 0 Å². The van der Waals surface area contributed by atoms with Crippen LogP contribution in [0, 0.1) is 5.92 Å². The van der Waals surface area contributed by atoms with Crippen LogP contribution in [-0.4, -0.2) is 25.2 Å². The van der Waals surface area contributed by atoms with Gasteiger partial charge in [0.15, 0.2) is 0 Å². The molecule has 1 aromatic heterocycles. The van der Waals surface area contributed by atoms with Gasteiger partial charge in [0.05, 0.1) is 16.4 Å². The van der Waals surface area contributed by atoms with Crippen molar-refractivity contribution in [2.24, 2.45) is 11.7 Å². The quantitative estimate of drug-likeness (QED) is 0.884. The fourth-order valence-electron chi connectivity index (χ4n) is 2.03. The van der Waals surface area contributed by atoms with Crippen LogP contribution >= 0.6 is 27.3 Å². The Balaban J connectivity index is 1.79. The van der Waals surface area contributed by atoms with Gasteiger partial charge < -0.3 is 15.8 Å². The SMILES string of the molecule is NC(C(=O)NCc1ccc(Br)s1)C1CCOCC1. The third-order valence-corrected chi connectivity index (χ3v) is 4.77. The van der Waals surface area contributed by atoms with E-state index in [-0.39, 0.29) is 11.8 Å². The number of carbonyl (C=O) groups excluding carboxylic acids is 1. The molecule has 2 rings (SSSR count). The second-order valence-corrected chi connectivity index (χ2v) is 6.95. The number of hydrogen-bond acceptors (Lipinski definition) is 4. The molecule has 0 saturated carbocycles. The van der Waals surface area contributed by atoms with Crippen molar-refractivity contribution < 1.29 is 9.53 Å². The van der Waals surface area contributed by atoms with Gasteiger partial charge in [-0.3, -0.25) is 4.79 Å². The maximum absolute atomic E-state index is 11.9. The summed E-state index contributed by atoms with van der Waals surface area (Å²) in [6.07, 6.45) is 1.75. The zero-order chi connectivity index (χ0) is 13.0. The highest BCUT2D eigenvalue weighted by molar-refractivity contribution is 9.11. The van der Waals surface area contributed by atoms with Crippen molar-refractivity contribution in [3.8, 4) is 0 Å². The van der Waals surface area contributed by atoms with Gasteiger partial charge in [-0.05, 0) is 46.8 Å². The number of amides is 1. The lowest BCUT2D eigenvalue weighted by molar-refractivity contribution is -0.124. The van der Waals surface area contributed by atoms with E-state index in [0.717, 1.165) is 21.5 Å². The van der Waals surface area contributed by atoms with Crippen LogP contribution < -0.4 is 11.1 Å². The second kappa shape index (κ2) is 6.65. The summed E-state index contributed by atoms with van der Waals surface area (Å²) in [4.78, 5) is 13.1. The molecule has 1 atom stereocenters. The van der Waals surface area contributed by atoms with E-state index in [1.54, 1.807) is 11.3 Å². The lowest BCUT2D eigenvalue weighted by atomic mass is 9.92. The summed E-state index contributed by atoms with van der Waals surface area (Å²) in [6.45, 7) is 1.97. The molecule has 1 aliphatic rings. The number of hydrogen-bond donors (Lipinski definition) is 2. The molecule has 0 radical (unpaired) electrons. The van der Waals surface area contributed by atoms with Gasteiger partial charge in [0.25, 0.3) is 0 Å². The summed E-state index contributed by atoms with van der Waals surface area (Å²) in [5.74, 6) is 0.181. The second-order valence-electron chi connectivity index (χ2n) is 4.40. The summed E-state index contributed by atoms with van der Waals surface area (Å²) in [5, 5.41) is 2.89. The molecule has 100 valence electrons. The van der Waals surface area contributed by atoms with Crippen molar-refractivity contribution in [3.05, 3.63) is 20.8 Å². The highest BCUT2D eigenvalue weighted by atomic mass is 79.9. The smallest absolute Gasteiger partial charge is 0.237 e. The summed E-state index contributed by atoms with van der Waals surface area (Å²) >= 11 is 5.02. The monoisotopic (exact) mass is 332 g/mol. The van der Waals surface area contributed by atoms with E-state index in [1.807, 2.05) is 12.1 Å². The Kier molecular flexibility index (Phi) is 5.17. The highest BCUT2D eigenvalue weighted by Gasteiger charge is 2.26. The van der Waals surface area contributed by atoms with Crippen molar-refractivity contribution in [1.82, 2.24) is 5.32 Å². The molecule has 18 heavy (non-hydrogen) atoms. The normalized spacial score (nSPS) is 18.6. The number of ether oxygens (including phenoxy) is 1. The van der Waals surface area contributed by atoms with Crippen LogP contribution in [0.15, 0.2) is 15.9 Å². The van der Waals surface area contributed by atoms with Gasteiger partial charge in [-0.25, -0.2) is 0 Å². The first-order valence-corrected chi connectivity index (χ1v) is 7.63. The molecular formula is C12H17BrN2O2S. The lowest BCUT2D eigenvalue weighted by Gasteiger charge is -2.26. The van der Waals surface area contributed by atoms with Gasteiger partial charge in [0.1, 0.15) is 0 Å². The number of nitrogens with two attached hydrogens (primary N) is 1. The van der Waals surface area contributed by atoms with E-state index in [0.29, 0.717) is 19.8 Å². The molecule has 1 saturated heterocycles. The fourth-order valence-corrected chi connectivity index (χ4v) is 3.45.